The van der Waals surface area contributed by atoms with Gasteiger partial charge in [0, 0.05) is 5.56 Å². The predicted octanol–water partition coefficient (Wildman–Crippen LogP) is 3.98. The van der Waals surface area contributed by atoms with Crippen LogP contribution in [0.2, 0.25) is 0 Å². The van der Waals surface area contributed by atoms with E-state index in [0.717, 1.165) is 16.6 Å². The SMILES string of the molecule is COc1ccc(F)cc1COC(=O)c1ccc(Cn2nnc3ccccc32)cc1. The van der Waals surface area contributed by atoms with Gasteiger partial charge in [-0.25, -0.2) is 13.9 Å². The van der Waals surface area contributed by atoms with Crippen molar-refractivity contribution in [3.8, 4) is 5.75 Å². The number of carbonyl (C=O) groups is 1. The van der Waals surface area contributed by atoms with Crippen molar-refractivity contribution in [2.24, 2.45) is 0 Å². The Kier molecular flexibility index (Phi) is 5.20. The molecule has 0 fully saturated rings. The molecule has 4 rings (SSSR count). The van der Waals surface area contributed by atoms with Crippen LogP contribution in [0.5, 0.6) is 5.75 Å². The molecule has 4 aromatic rings. The molecule has 3 aromatic carbocycles. The molecule has 0 atom stereocenters. The zero-order valence-electron chi connectivity index (χ0n) is 15.7. The summed E-state index contributed by atoms with van der Waals surface area (Å²) >= 11 is 0. The zero-order chi connectivity index (χ0) is 20.2. The predicted molar refractivity (Wildman–Crippen MR) is 105 cm³/mol. The first-order chi connectivity index (χ1) is 14.1. The number of nitrogens with zero attached hydrogens (tertiary/aromatic N) is 3. The molecule has 0 unspecified atom stereocenters. The van der Waals surface area contributed by atoms with E-state index in [4.69, 9.17) is 9.47 Å². The highest BCUT2D eigenvalue weighted by atomic mass is 19.1. The van der Waals surface area contributed by atoms with Crippen molar-refractivity contribution in [2.75, 3.05) is 7.11 Å². The molecule has 146 valence electrons. The fourth-order valence-electron chi connectivity index (χ4n) is 3.04. The van der Waals surface area contributed by atoms with Gasteiger partial charge in [-0.3, -0.25) is 0 Å². The molecule has 0 N–H and O–H groups in total. The molecule has 0 spiro atoms. The summed E-state index contributed by atoms with van der Waals surface area (Å²) in [4.78, 5) is 12.3. The molecule has 0 radical (unpaired) electrons. The molecule has 0 saturated carbocycles. The lowest BCUT2D eigenvalue weighted by molar-refractivity contribution is 0.0469. The van der Waals surface area contributed by atoms with Crippen molar-refractivity contribution < 1.29 is 18.7 Å². The summed E-state index contributed by atoms with van der Waals surface area (Å²) in [7, 11) is 1.48. The largest absolute Gasteiger partial charge is 0.496 e. The first kappa shape index (κ1) is 18.6. The van der Waals surface area contributed by atoms with Gasteiger partial charge in [0.05, 0.1) is 24.7 Å². The summed E-state index contributed by atoms with van der Waals surface area (Å²) in [6, 6.07) is 18.9. The second kappa shape index (κ2) is 8.10. The molecular weight excluding hydrogens is 373 g/mol. The van der Waals surface area contributed by atoms with E-state index in [1.54, 1.807) is 16.8 Å². The molecule has 7 heteroatoms. The third-order valence-corrected chi connectivity index (χ3v) is 4.54. The summed E-state index contributed by atoms with van der Waals surface area (Å²) in [5, 5.41) is 8.30. The lowest BCUT2D eigenvalue weighted by Crippen LogP contribution is -2.07. The summed E-state index contributed by atoms with van der Waals surface area (Å²) in [6.45, 7) is 0.461. The molecule has 0 bridgehead atoms. The van der Waals surface area contributed by atoms with Crippen molar-refractivity contribution in [2.45, 2.75) is 13.2 Å². The van der Waals surface area contributed by atoms with Crippen molar-refractivity contribution in [1.29, 1.82) is 0 Å². The maximum atomic E-state index is 13.4. The summed E-state index contributed by atoms with van der Waals surface area (Å²) < 4.78 is 25.7. The Morgan fingerprint density at radius 3 is 2.66 bits per heavy atom. The molecule has 6 nitrogen and oxygen atoms in total. The Hall–Kier alpha value is -3.74. The van der Waals surface area contributed by atoms with Crippen LogP contribution in [0.25, 0.3) is 11.0 Å². The number of benzene rings is 3. The lowest BCUT2D eigenvalue weighted by Gasteiger charge is -2.10. The molecule has 0 amide bonds. The minimum Gasteiger partial charge on any atom is -0.496 e. The van der Waals surface area contributed by atoms with E-state index in [0.29, 0.717) is 23.4 Å². The van der Waals surface area contributed by atoms with Crippen LogP contribution in [0.1, 0.15) is 21.5 Å². The van der Waals surface area contributed by atoms with Gasteiger partial charge >= 0.3 is 5.97 Å². The van der Waals surface area contributed by atoms with E-state index < -0.39 is 11.8 Å². The van der Waals surface area contributed by atoms with Crippen molar-refractivity contribution in [3.63, 3.8) is 0 Å². The highest BCUT2D eigenvalue weighted by Crippen LogP contribution is 2.21. The van der Waals surface area contributed by atoms with Gasteiger partial charge in [0.1, 0.15) is 23.7 Å². The third-order valence-electron chi connectivity index (χ3n) is 4.54. The smallest absolute Gasteiger partial charge is 0.338 e. The summed E-state index contributed by atoms with van der Waals surface area (Å²) in [6.07, 6.45) is 0. The summed E-state index contributed by atoms with van der Waals surface area (Å²) in [5.74, 6) is -0.439. The minimum atomic E-state index is -0.492. The molecule has 0 aliphatic heterocycles. The van der Waals surface area contributed by atoms with Crippen LogP contribution in [0.3, 0.4) is 0 Å². The lowest BCUT2D eigenvalue weighted by atomic mass is 10.1. The van der Waals surface area contributed by atoms with Crippen LogP contribution >= 0.6 is 0 Å². The van der Waals surface area contributed by atoms with Crippen LogP contribution in [0.4, 0.5) is 4.39 Å². The monoisotopic (exact) mass is 391 g/mol. The number of halogens is 1. The fraction of sp³-hybridized carbons (Fsp3) is 0.136. The van der Waals surface area contributed by atoms with Crippen LogP contribution in [-0.2, 0) is 17.9 Å². The van der Waals surface area contributed by atoms with Gasteiger partial charge in [0.15, 0.2) is 0 Å². The second-order valence-corrected chi connectivity index (χ2v) is 6.47. The Morgan fingerprint density at radius 1 is 1.07 bits per heavy atom. The van der Waals surface area contributed by atoms with Gasteiger partial charge in [-0.15, -0.1) is 5.10 Å². The number of rotatable bonds is 6. The number of hydrogen-bond donors (Lipinski definition) is 0. The standard InChI is InChI=1S/C22H18FN3O3/c1-28-21-11-10-18(23)12-17(21)14-29-22(27)16-8-6-15(7-9-16)13-26-20-5-3-2-4-19(20)24-25-26/h2-12H,13-14H2,1H3. The number of hydrogen-bond acceptors (Lipinski definition) is 5. The first-order valence-corrected chi connectivity index (χ1v) is 9.01. The van der Waals surface area contributed by atoms with Gasteiger partial charge < -0.3 is 9.47 Å². The number of carbonyl (C=O) groups excluding carboxylic acids is 1. The number of aromatic nitrogens is 3. The maximum Gasteiger partial charge on any atom is 0.338 e. The van der Waals surface area contributed by atoms with Gasteiger partial charge in [0.2, 0.25) is 0 Å². The summed E-state index contributed by atoms with van der Waals surface area (Å²) in [5.41, 5.74) is 3.63. The van der Waals surface area contributed by atoms with Crippen LogP contribution in [0.15, 0.2) is 66.7 Å². The average molecular weight is 391 g/mol. The van der Waals surface area contributed by atoms with Crippen LogP contribution < -0.4 is 4.74 Å². The third kappa shape index (κ3) is 4.08. The normalized spacial score (nSPS) is 10.8. The van der Waals surface area contributed by atoms with Gasteiger partial charge in [-0.05, 0) is 48.0 Å². The number of fused-ring (bicyclic) bond motifs is 1. The molecule has 29 heavy (non-hydrogen) atoms. The second-order valence-electron chi connectivity index (χ2n) is 6.47. The average Bonchev–Trinajstić information content (AvgIpc) is 3.15. The van der Waals surface area contributed by atoms with E-state index in [9.17, 15) is 9.18 Å². The van der Waals surface area contributed by atoms with Crippen molar-refractivity contribution in [3.05, 3.63) is 89.2 Å². The molecule has 1 aromatic heterocycles. The van der Waals surface area contributed by atoms with Gasteiger partial charge in [-0.1, -0.05) is 29.5 Å². The van der Waals surface area contributed by atoms with E-state index in [2.05, 4.69) is 10.3 Å². The molecule has 0 aliphatic carbocycles. The minimum absolute atomic E-state index is 0.0769. The number of para-hydroxylation sites is 1. The molecule has 0 aliphatic rings. The highest BCUT2D eigenvalue weighted by Gasteiger charge is 2.11. The zero-order valence-corrected chi connectivity index (χ0v) is 15.7. The number of esters is 1. The van der Waals surface area contributed by atoms with Crippen molar-refractivity contribution in [1.82, 2.24) is 15.0 Å². The molecule has 0 saturated heterocycles. The quantitative estimate of drug-likeness (QED) is 0.465. The Morgan fingerprint density at radius 2 is 1.86 bits per heavy atom. The Balaban J connectivity index is 1.42. The highest BCUT2D eigenvalue weighted by molar-refractivity contribution is 5.89. The van der Waals surface area contributed by atoms with E-state index in [-0.39, 0.29) is 6.61 Å². The number of ether oxygens (including phenoxy) is 2. The van der Waals surface area contributed by atoms with E-state index >= 15 is 0 Å². The van der Waals surface area contributed by atoms with Gasteiger partial charge in [-0.2, -0.15) is 0 Å². The topological polar surface area (TPSA) is 66.2 Å². The van der Waals surface area contributed by atoms with E-state index in [1.165, 1.54) is 25.3 Å². The number of methoxy groups -OCH3 is 1. The first-order valence-electron chi connectivity index (χ1n) is 9.01. The maximum absolute atomic E-state index is 13.4. The fourth-order valence-corrected chi connectivity index (χ4v) is 3.04. The van der Waals surface area contributed by atoms with Crippen molar-refractivity contribution >= 4 is 17.0 Å². The van der Waals surface area contributed by atoms with Crippen LogP contribution in [0, 0.1) is 5.82 Å². The molecular formula is C22H18FN3O3. The van der Waals surface area contributed by atoms with E-state index in [1.807, 2.05) is 36.4 Å². The van der Waals surface area contributed by atoms with Gasteiger partial charge in [0.25, 0.3) is 0 Å². The van der Waals surface area contributed by atoms with Crippen LogP contribution in [-0.4, -0.2) is 28.1 Å². The Labute approximate surface area is 166 Å². The Bertz CT molecular complexity index is 1160. The molecule has 1 heterocycles.